The van der Waals surface area contributed by atoms with Crippen molar-refractivity contribution in [2.75, 3.05) is 6.54 Å². The summed E-state index contributed by atoms with van der Waals surface area (Å²) in [7, 11) is 0. The molecule has 4 rings (SSSR count). The number of benzene rings is 1. The molecule has 0 saturated heterocycles. The van der Waals surface area contributed by atoms with E-state index in [1.54, 1.807) is 22.9 Å². The third-order valence-electron chi connectivity index (χ3n) is 4.84. The number of rotatable bonds is 4. The second kappa shape index (κ2) is 5.92. The van der Waals surface area contributed by atoms with Gasteiger partial charge in [0.15, 0.2) is 0 Å². The molecule has 1 fully saturated rings. The van der Waals surface area contributed by atoms with Gasteiger partial charge in [-0.15, -0.1) is 0 Å². The SMILES string of the molecule is CC1CC(N2CCn3nc(COc4cccc(F)c4)cc3C2=O)C1. The summed E-state index contributed by atoms with van der Waals surface area (Å²) < 4.78 is 20.5. The number of amides is 1. The van der Waals surface area contributed by atoms with Crippen LogP contribution in [0.4, 0.5) is 4.39 Å². The Kier molecular flexibility index (Phi) is 3.75. The molecule has 5 nitrogen and oxygen atoms in total. The summed E-state index contributed by atoms with van der Waals surface area (Å²) in [6.07, 6.45) is 2.19. The predicted octanol–water partition coefficient (Wildman–Crippen LogP) is 2.86. The van der Waals surface area contributed by atoms with E-state index in [2.05, 4.69) is 12.0 Å². The average molecular weight is 329 g/mol. The minimum Gasteiger partial charge on any atom is -0.487 e. The van der Waals surface area contributed by atoms with Crippen LogP contribution in [-0.4, -0.2) is 33.2 Å². The quantitative estimate of drug-likeness (QED) is 0.866. The van der Waals surface area contributed by atoms with Crippen molar-refractivity contribution in [3.63, 3.8) is 0 Å². The molecule has 1 aliphatic carbocycles. The van der Waals surface area contributed by atoms with Crippen LogP contribution in [0.5, 0.6) is 5.75 Å². The molecule has 2 aliphatic rings. The zero-order chi connectivity index (χ0) is 16.7. The Bertz CT molecular complexity index is 767. The first-order valence-electron chi connectivity index (χ1n) is 8.36. The lowest BCUT2D eigenvalue weighted by Gasteiger charge is -2.43. The van der Waals surface area contributed by atoms with Crippen LogP contribution < -0.4 is 4.74 Å². The number of carbonyl (C=O) groups excluding carboxylic acids is 1. The van der Waals surface area contributed by atoms with Crippen LogP contribution in [0, 0.1) is 11.7 Å². The first-order chi connectivity index (χ1) is 11.6. The van der Waals surface area contributed by atoms with Gasteiger partial charge in [-0.25, -0.2) is 4.39 Å². The molecule has 6 heteroatoms. The van der Waals surface area contributed by atoms with E-state index < -0.39 is 0 Å². The molecule has 2 aromatic rings. The summed E-state index contributed by atoms with van der Waals surface area (Å²) in [5.74, 6) is 0.891. The molecular formula is C18H20FN3O2. The lowest BCUT2D eigenvalue weighted by molar-refractivity contribution is 0.0406. The van der Waals surface area contributed by atoms with Crippen LogP contribution in [0.2, 0.25) is 0 Å². The van der Waals surface area contributed by atoms with Crippen LogP contribution in [0.15, 0.2) is 30.3 Å². The zero-order valence-electron chi connectivity index (χ0n) is 13.6. The standard InChI is InChI=1S/C18H20FN3O2/c1-12-7-15(8-12)21-5-6-22-17(18(21)23)10-14(20-22)11-24-16-4-2-3-13(19)9-16/h2-4,9-10,12,15H,5-8,11H2,1H3. The van der Waals surface area contributed by atoms with Gasteiger partial charge in [0, 0.05) is 18.7 Å². The van der Waals surface area contributed by atoms with Crippen molar-refractivity contribution in [2.24, 2.45) is 5.92 Å². The maximum atomic E-state index is 13.2. The fraction of sp³-hybridized carbons (Fsp3) is 0.444. The zero-order valence-corrected chi connectivity index (χ0v) is 13.6. The fourth-order valence-electron chi connectivity index (χ4n) is 3.51. The highest BCUT2D eigenvalue weighted by atomic mass is 19.1. The third kappa shape index (κ3) is 2.77. The van der Waals surface area contributed by atoms with Crippen molar-refractivity contribution in [2.45, 2.75) is 39.0 Å². The van der Waals surface area contributed by atoms with Crippen LogP contribution in [0.3, 0.4) is 0 Å². The van der Waals surface area contributed by atoms with Crippen LogP contribution in [0.25, 0.3) is 0 Å². The second-order valence-electron chi connectivity index (χ2n) is 6.72. The van der Waals surface area contributed by atoms with Gasteiger partial charge in [0.2, 0.25) is 0 Å². The van der Waals surface area contributed by atoms with Gasteiger partial charge in [-0.3, -0.25) is 9.48 Å². The lowest BCUT2D eigenvalue weighted by atomic mass is 9.80. The smallest absolute Gasteiger partial charge is 0.272 e. The first kappa shape index (κ1) is 15.2. The molecule has 1 amide bonds. The largest absolute Gasteiger partial charge is 0.487 e. The molecular weight excluding hydrogens is 309 g/mol. The summed E-state index contributed by atoms with van der Waals surface area (Å²) in [6.45, 7) is 3.87. The fourth-order valence-corrected chi connectivity index (χ4v) is 3.51. The third-order valence-corrected chi connectivity index (χ3v) is 4.84. The van der Waals surface area contributed by atoms with Crippen molar-refractivity contribution < 1.29 is 13.9 Å². The van der Waals surface area contributed by atoms with Crippen molar-refractivity contribution in [1.29, 1.82) is 0 Å². The van der Waals surface area contributed by atoms with Crippen LogP contribution in [-0.2, 0) is 13.2 Å². The van der Waals surface area contributed by atoms with Gasteiger partial charge >= 0.3 is 0 Å². The normalized spacial score (nSPS) is 22.9. The van der Waals surface area contributed by atoms with Gasteiger partial charge in [-0.1, -0.05) is 13.0 Å². The maximum absolute atomic E-state index is 13.2. The molecule has 0 unspecified atom stereocenters. The van der Waals surface area contributed by atoms with E-state index >= 15 is 0 Å². The van der Waals surface area contributed by atoms with Gasteiger partial charge in [-0.05, 0) is 37.0 Å². The van der Waals surface area contributed by atoms with Crippen LogP contribution >= 0.6 is 0 Å². The number of fused-ring (bicyclic) bond motifs is 1. The van der Waals surface area contributed by atoms with Gasteiger partial charge in [0.25, 0.3) is 5.91 Å². The van der Waals surface area contributed by atoms with Gasteiger partial charge < -0.3 is 9.64 Å². The molecule has 1 aliphatic heterocycles. The summed E-state index contributed by atoms with van der Waals surface area (Å²) in [5.41, 5.74) is 1.31. The molecule has 0 N–H and O–H groups in total. The highest BCUT2D eigenvalue weighted by Crippen LogP contribution is 2.33. The Labute approximate surface area is 140 Å². The number of nitrogens with zero attached hydrogens (tertiary/aromatic N) is 3. The van der Waals surface area contributed by atoms with E-state index in [4.69, 9.17) is 4.74 Å². The molecule has 0 atom stereocenters. The molecule has 0 spiro atoms. The topological polar surface area (TPSA) is 47.4 Å². The monoisotopic (exact) mass is 329 g/mol. The molecule has 0 radical (unpaired) electrons. The van der Waals surface area contributed by atoms with E-state index in [1.165, 1.54) is 12.1 Å². The predicted molar refractivity (Wildman–Crippen MR) is 86.2 cm³/mol. The molecule has 2 heterocycles. The number of ether oxygens (including phenoxy) is 1. The molecule has 24 heavy (non-hydrogen) atoms. The lowest BCUT2D eigenvalue weighted by Crippen LogP contribution is -2.51. The maximum Gasteiger partial charge on any atom is 0.272 e. The van der Waals surface area contributed by atoms with E-state index in [1.807, 2.05) is 4.90 Å². The van der Waals surface area contributed by atoms with Crippen LogP contribution in [0.1, 0.15) is 35.9 Å². The number of hydrogen-bond donors (Lipinski definition) is 0. The summed E-state index contributed by atoms with van der Waals surface area (Å²) in [5, 5.41) is 4.44. The Hall–Kier alpha value is -2.37. The average Bonchev–Trinajstić information content (AvgIpc) is 2.95. The molecule has 1 aromatic heterocycles. The van der Waals surface area contributed by atoms with Gasteiger partial charge in [-0.2, -0.15) is 5.10 Å². The van der Waals surface area contributed by atoms with Gasteiger partial charge in [0.05, 0.1) is 6.54 Å². The number of hydrogen-bond acceptors (Lipinski definition) is 3. The number of carbonyl (C=O) groups is 1. The minimum absolute atomic E-state index is 0.0580. The second-order valence-corrected chi connectivity index (χ2v) is 6.72. The summed E-state index contributed by atoms with van der Waals surface area (Å²) in [6, 6.07) is 8.17. The number of aromatic nitrogens is 2. The van der Waals surface area contributed by atoms with Crippen molar-refractivity contribution >= 4 is 5.91 Å². The molecule has 126 valence electrons. The Morgan fingerprint density at radius 2 is 2.12 bits per heavy atom. The Morgan fingerprint density at radius 3 is 2.88 bits per heavy atom. The molecule has 1 aromatic carbocycles. The van der Waals surface area contributed by atoms with Crippen molar-refractivity contribution in [3.8, 4) is 5.75 Å². The van der Waals surface area contributed by atoms with E-state index in [-0.39, 0.29) is 18.3 Å². The van der Waals surface area contributed by atoms with Gasteiger partial charge in [0.1, 0.15) is 29.6 Å². The highest BCUT2D eigenvalue weighted by Gasteiger charge is 2.37. The molecule has 0 bridgehead atoms. The molecule has 1 saturated carbocycles. The van der Waals surface area contributed by atoms with E-state index in [0.29, 0.717) is 35.6 Å². The highest BCUT2D eigenvalue weighted by molar-refractivity contribution is 5.93. The number of halogens is 1. The minimum atomic E-state index is -0.336. The van der Waals surface area contributed by atoms with Crippen molar-refractivity contribution in [1.82, 2.24) is 14.7 Å². The van der Waals surface area contributed by atoms with Crippen molar-refractivity contribution in [3.05, 3.63) is 47.5 Å². The Morgan fingerprint density at radius 1 is 1.29 bits per heavy atom. The van der Waals surface area contributed by atoms with E-state index in [9.17, 15) is 9.18 Å². The summed E-state index contributed by atoms with van der Waals surface area (Å²) in [4.78, 5) is 14.6. The summed E-state index contributed by atoms with van der Waals surface area (Å²) >= 11 is 0. The Balaban J connectivity index is 1.45. The van der Waals surface area contributed by atoms with E-state index in [0.717, 1.165) is 19.4 Å². The first-order valence-corrected chi connectivity index (χ1v) is 8.36.